The Labute approximate surface area is 97.0 Å². The molecule has 4 heteroatoms. The van der Waals surface area contributed by atoms with Crippen molar-refractivity contribution in [3.63, 3.8) is 0 Å². The van der Waals surface area contributed by atoms with Crippen molar-refractivity contribution in [3.8, 4) is 11.5 Å². The van der Waals surface area contributed by atoms with Crippen molar-refractivity contribution >= 4 is 0 Å². The third-order valence-corrected chi connectivity index (χ3v) is 2.03. The highest BCUT2D eigenvalue weighted by molar-refractivity contribution is 5.42. The first-order valence-electron chi connectivity index (χ1n) is 4.71. The maximum Gasteiger partial charge on any atom is 0.160 e. The van der Waals surface area contributed by atoms with Gasteiger partial charge in [-0.25, -0.2) is 0 Å². The zero-order chi connectivity index (χ0) is 10.6. The predicted molar refractivity (Wildman–Crippen MR) is 55.6 cm³/mol. The maximum atomic E-state index is 5.21. The zero-order valence-electron chi connectivity index (χ0n) is 9.42. The van der Waals surface area contributed by atoms with Gasteiger partial charge in [-0.15, -0.1) is 0 Å². The fraction of sp³-hybridized carbons (Fsp3) is 0.455. The smallest absolute Gasteiger partial charge is 0.160 e. The molecular weight excluding hydrogens is 214 g/mol. The van der Waals surface area contributed by atoms with Gasteiger partial charge >= 0.3 is 0 Å². The van der Waals surface area contributed by atoms with Crippen molar-refractivity contribution in [2.24, 2.45) is 0 Å². The third-order valence-electron chi connectivity index (χ3n) is 2.03. The molecule has 0 saturated carbocycles. The molecule has 0 bridgehead atoms. The van der Waals surface area contributed by atoms with E-state index in [1.54, 1.807) is 14.2 Å². The molecule has 1 atom stereocenters. The van der Waals surface area contributed by atoms with E-state index in [0.717, 1.165) is 17.9 Å². The topological polar surface area (TPSA) is 46.1 Å². The highest BCUT2D eigenvalue weighted by Gasteiger charge is 2.06. The molecule has 0 aliphatic heterocycles. The SMILES string of the molecule is COc1ccc(CC(C)[NH3+])cc1OC.[Cl-]. The molecule has 0 aliphatic rings. The molecule has 0 fully saturated rings. The van der Waals surface area contributed by atoms with Crippen LogP contribution in [0.5, 0.6) is 11.5 Å². The van der Waals surface area contributed by atoms with Crippen LogP contribution in [0.25, 0.3) is 0 Å². The van der Waals surface area contributed by atoms with Crippen LogP contribution < -0.4 is 27.6 Å². The first kappa shape index (κ1) is 14.1. The Morgan fingerprint density at radius 1 is 1.20 bits per heavy atom. The Kier molecular flexibility index (Phi) is 6.13. The van der Waals surface area contributed by atoms with Crippen LogP contribution >= 0.6 is 0 Å². The van der Waals surface area contributed by atoms with Crippen LogP contribution in [0.2, 0.25) is 0 Å². The van der Waals surface area contributed by atoms with E-state index >= 15 is 0 Å². The predicted octanol–water partition coefficient (Wildman–Crippen LogP) is -2.12. The molecule has 3 nitrogen and oxygen atoms in total. The van der Waals surface area contributed by atoms with Crippen molar-refractivity contribution in [1.82, 2.24) is 0 Å². The lowest BCUT2D eigenvalue weighted by atomic mass is 10.1. The van der Waals surface area contributed by atoms with Gasteiger partial charge in [-0.3, -0.25) is 0 Å². The minimum Gasteiger partial charge on any atom is -1.00 e. The van der Waals surface area contributed by atoms with Crippen LogP contribution in [-0.4, -0.2) is 20.3 Å². The Bertz CT molecular complexity index is 303. The molecular formula is C11H18ClNO2. The summed E-state index contributed by atoms with van der Waals surface area (Å²) in [6.45, 7) is 2.09. The standard InChI is InChI=1S/C11H17NO2.ClH/c1-8(12)6-9-4-5-10(13-2)11(7-9)14-3;/h4-5,7-8H,6,12H2,1-3H3;1H. The van der Waals surface area contributed by atoms with Gasteiger partial charge in [-0.2, -0.15) is 0 Å². The summed E-state index contributed by atoms with van der Waals surface area (Å²) in [6, 6.07) is 6.38. The molecule has 0 aliphatic carbocycles. The van der Waals surface area contributed by atoms with Crippen molar-refractivity contribution in [1.29, 1.82) is 0 Å². The Balaban J connectivity index is 0.00000196. The summed E-state index contributed by atoms with van der Waals surface area (Å²) in [6.07, 6.45) is 0.959. The number of methoxy groups -OCH3 is 2. The number of hydrogen-bond acceptors (Lipinski definition) is 2. The third kappa shape index (κ3) is 3.98. The summed E-state index contributed by atoms with van der Waals surface area (Å²) >= 11 is 0. The Morgan fingerprint density at radius 3 is 2.27 bits per heavy atom. The Hall–Kier alpha value is -0.930. The van der Waals surface area contributed by atoms with Crippen molar-refractivity contribution in [2.45, 2.75) is 19.4 Å². The van der Waals surface area contributed by atoms with Gasteiger partial charge in [-0.05, 0) is 24.6 Å². The van der Waals surface area contributed by atoms with Crippen molar-refractivity contribution < 1.29 is 27.6 Å². The summed E-state index contributed by atoms with van der Waals surface area (Å²) in [4.78, 5) is 0. The van der Waals surface area contributed by atoms with Crippen LogP contribution in [-0.2, 0) is 6.42 Å². The van der Waals surface area contributed by atoms with Gasteiger partial charge in [0.15, 0.2) is 11.5 Å². The zero-order valence-corrected chi connectivity index (χ0v) is 10.2. The lowest BCUT2D eigenvalue weighted by molar-refractivity contribution is -0.413. The largest absolute Gasteiger partial charge is 1.00 e. The highest BCUT2D eigenvalue weighted by atomic mass is 35.5. The van der Waals surface area contributed by atoms with Gasteiger partial charge in [-0.1, -0.05) is 6.07 Å². The summed E-state index contributed by atoms with van der Waals surface area (Å²) in [5.41, 5.74) is 5.19. The van der Waals surface area contributed by atoms with Gasteiger partial charge in [0, 0.05) is 6.42 Å². The number of ether oxygens (including phenoxy) is 2. The minimum atomic E-state index is 0. The number of rotatable bonds is 4. The van der Waals surface area contributed by atoms with E-state index in [2.05, 4.69) is 12.7 Å². The maximum absolute atomic E-state index is 5.21. The molecule has 1 rings (SSSR count). The summed E-state index contributed by atoms with van der Waals surface area (Å²) < 4.78 is 10.4. The first-order valence-corrected chi connectivity index (χ1v) is 4.71. The second-order valence-corrected chi connectivity index (χ2v) is 3.50. The second kappa shape index (κ2) is 6.53. The van der Waals surface area contributed by atoms with E-state index in [-0.39, 0.29) is 12.4 Å². The molecule has 1 aromatic carbocycles. The molecule has 86 valence electrons. The molecule has 0 heterocycles. The second-order valence-electron chi connectivity index (χ2n) is 3.50. The van der Waals surface area contributed by atoms with Crippen molar-refractivity contribution in [3.05, 3.63) is 23.8 Å². The van der Waals surface area contributed by atoms with Gasteiger partial charge in [0.1, 0.15) is 0 Å². The van der Waals surface area contributed by atoms with E-state index in [9.17, 15) is 0 Å². The van der Waals surface area contributed by atoms with Gasteiger partial charge in [0.05, 0.1) is 20.3 Å². The molecule has 0 aromatic heterocycles. The molecule has 3 N–H and O–H groups in total. The summed E-state index contributed by atoms with van der Waals surface area (Å²) in [7, 11) is 3.29. The minimum absolute atomic E-state index is 0. The average molecular weight is 232 g/mol. The normalized spacial score (nSPS) is 11.5. The van der Waals surface area contributed by atoms with E-state index in [0.29, 0.717) is 6.04 Å². The Morgan fingerprint density at radius 2 is 1.80 bits per heavy atom. The number of quaternary nitrogens is 1. The lowest BCUT2D eigenvalue weighted by Gasteiger charge is -2.09. The summed E-state index contributed by atoms with van der Waals surface area (Å²) in [5, 5.41) is 0. The fourth-order valence-corrected chi connectivity index (χ4v) is 1.41. The molecule has 1 aromatic rings. The van der Waals surface area contributed by atoms with Gasteiger partial charge in [0.25, 0.3) is 0 Å². The number of benzene rings is 1. The van der Waals surface area contributed by atoms with Gasteiger partial charge in [0.2, 0.25) is 0 Å². The molecule has 0 radical (unpaired) electrons. The molecule has 0 amide bonds. The van der Waals surface area contributed by atoms with Crippen LogP contribution in [0.1, 0.15) is 12.5 Å². The molecule has 0 spiro atoms. The van der Waals surface area contributed by atoms with Crippen LogP contribution in [0.3, 0.4) is 0 Å². The lowest BCUT2D eigenvalue weighted by Crippen LogP contribution is -3.00. The highest BCUT2D eigenvalue weighted by Crippen LogP contribution is 2.27. The van der Waals surface area contributed by atoms with Crippen LogP contribution in [0.15, 0.2) is 18.2 Å². The van der Waals surface area contributed by atoms with Gasteiger partial charge < -0.3 is 27.6 Å². The van der Waals surface area contributed by atoms with E-state index in [1.807, 2.05) is 18.2 Å². The van der Waals surface area contributed by atoms with E-state index < -0.39 is 0 Å². The summed E-state index contributed by atoms with van der Waals surface area (Å²) in [5.74, 6) is 1.55. The molecule has 1 unspecified atom stereocenters. The quantitative estimate of drug-likeness (QED) is 0.644. The molecule has 0 saturated heterocycles. The fourth-order valence-electron chi connectivity index (χ4n) is 1.41. The molecule has 15 heavy (non-hydrogen) atoms. The first-order chi connectivity index (χ1) is 6.67. The average Bonchev–Trinajstić information content (AvgIpc) is 2.16. The van der Waals surface area contributed by atoms with E-state index in [1.165, 1.54) is 5.56 Å². The van der Waals surface area contributed by atoms with Crippen molar-refractivity contribution in [2.75, 3.05) is 14.2 Å². The number of hydrogen-bond donors (Lipinski definition) is 1. The monoisotopic (exact) mass is 231 g/mol. The number of halogens is 1. The van der Waals surface area contributed by atoms with Crippen LogP contribution in [0, 0.1) is 0 Å². The van der Waals surface area contributed by atoms with E-state index in [4.69, 9.17) is 9.47 Å². The van der Waals surface area contributed by atoms with Crippen LogP contribution in [0.4, 0.5) is 0 Å².